The van der Waals surface area contributed by atoms with Crippen molar-refractivity contribution in [1.82, 2.24) is 15.5 Å². The third kappa shape index (κ3) is 4.54. The summed E-state index contributed by atoms with van der Waals surface area (Å²) in [6.07, 6.45) is 1.76. The molecule has 1 aromatic heterocycles. The van der Waals surface area contributed by atoms with Crippen LogP contribution in [0, 0.1) is 0 Å². The molecule has 114 valence electrons. The van der Waals surface area contributed by atoms with E-state index in [1.165, 1.54) is 0 Å². The van der Waals surface area contributed by atoms with Crippen LogP contribution in [0.3, 0.4) is 0 Å². The van der Waals surface area contributed by atoms with E-state index in [1.54, 1.807) is 7.11 Å². The second kappa shape index (κ2) is 7.56. The van der Waals surface area contributed by atoms with Crippen LogP contribution >= 0.6 is 15.9 Å². The first-order chi connectivity index (χ1) is 10.1. The summed E-state index contributed by atoms with van der Waals surface area (Å²) in [5.74, 6) is 2.05. The number of hydrogen-bond acceptors (Lipinski definition) is 5. The van der Waals surface area contributed by atoms with Crippen LogP contribution in [0.4, 0.5) is 0 Å². The SMILES string of the molecule is COc1ccc(-c2noc(CCCNC(C)C)n2)cc1Br. The molecule has 0 saturated carbocycles. The van der Waals surface area contributed by atoms with Gasteiger partial charge in [-0.3, -0.25) is 0 Å². The Morgan fingerprint density at radius 3 is 2.86 bits per heavy atom. The molecule has 0 radical (unpaired) electrons. The molecule has 0 amide bonds. The van der Waals surface area contributed by atoms with Crippen molar-refractivity contribution in [3.63, 3.8) is 0 Å². The minimum atomic E-state index is 0.500. The molecule has 0 saturated heterocycles. The molecule has 6 heteroatoms. The number of halogens is 1. The van der Waals surface area contributed by atoms with Gasteiger partial charge in [-0.05, 0) is 47.1 Å². The molecule has 5 nitrogen and oxygen atoms in total. The molecular formula is C15H20BrN3O2. The van der Waals surface area contributed by atoms with Gasteiger partial charge in [-0.2, -0.15) is 4.98 Å². The summed E-state index contributed by atoms with van der Waals surface area (Å²) >= 11 is 3.46. The van der Waals surface area contributed by atoms with E-state index >= 15 is 0 Å². The van der Waals surface area contributed by atoms with Gasteiger partial charge >= 0.3 is 0 Å². The number of hydrogen-bond donors (Lipinski definition) is 1. The van der Waals surface area contributed by atoms with Crippen LogP contribution < -0.4 is 10.1 Å². The molecule has 0 aliphatic heterocycles. The van der Waals surface area contributed by atoms with Gasteiger partial charge in [0, 0.05) is 18.0 Å². The number of benzene rings is 1. The summed E-state index contributed by atoms with van der Waals surface area (Å²) in [5, 5.41) is 7.39. The van der Waals surface area contributed by atoms with Crippen molar-refractivity contribution >= 4 is 15.9 Å². The van der Waals surface area contributed by atoms with E-state index in [-0.39, 0.29) is 0 Å². The molecule has 21 heavy (non-hydrogen) atoms. The maximum absolute atomic E-state index is 5.29. The van der Waals surface area contributed by atoms with Crippen LogP contribution in [0.25, 0.3) is 11.4 Å². The van der Waals surface area contributed by atoms with Crippen molar-refractivity contribution in [2.45, 2.75) is 32.7 Å². The fraction of sp³-hybridized carbons (Fsp3) is 0.467. The highest BCUT2D eigenvalue weighted by molar-refractivity contribution is 9.10. The average Bonchev–Trinajstić information content (AvgIpc) is 2.92. The standard InChI is InChI=1S/C15H20BrN3O2/c1-10(2)17-8-4-5-14-18-15(19-21-14)11-6-7-13(20-3)12(16)9-11/h6-7,9-10,17H,4-5,8H2,1-3H3. The van der Waals surface area contributed by atoms with Gasteiger partial charge in [0.1, 0.15) is 5.75 Å². The molecule has 0 aliphatic carbocycles. The van der Waals surface area contributed by atoms with Crippen LogP contribution in [0.15, 0.2) is 27.2 Å². The zero-order chi connectivity index (χ0) is 15.2. The lowest BCUT2D eigenvalue weighted by molar-refractivity contribution is 0.374. The van der Waals surface area contributed by atoms with E-state index in [2.05, 4.69) is 45.2 Å². The Bertz CT molecular complexity index is 584. The van der Waals surface area contributed by atoms with E-state index in [0.717, 1.165) is 35.2 Å². The Hall–Kier alpha value is -1.40. The largest absolute Gasteiger partial charge is 0.496 e. The van der Waals surface area contributed by atoms with Gasteiger partial charge in [0.05, 0.1) is 11.6 Å². The quantitative estimate of drug-likeness (QED) is 0.772. The third-order valence-corrected chi connectivity index (χ3v) is 3.62. The number of aryl methyl sites for hydroxylation is 1. The summed E-state index contributed by atoms with van der Waals surface area (Å²) < 4.78 is 11.4. The smallest absolute Gasteiger partial charge is 0.227 e. The van der Waals surface area contributed by atoms with Crippen molar-refractivity contribution in [3.05, 3.63) is 28.6 Å². The van der Waals surface area contributed by atoms with E-state index in [1.807, 2.05) is 18.2 Å². The van der Waals surface area contributed by atoms with Crippen LogP contribution in [-0.4, -0.2) is 29.8 Å². The first-order valence-electron chi connectivity index (χ1n) is 7.00. The third-order valence-electron chi connectivity index (χ3n) is 3.00. The maximum Gasteiger partial charge on any atom is 0.227 e. The van der Waals surface area contributed by atoms with Crippen LogP contribution in [0.1, 0.15) is 26.2 Å². The lowest BCUT2D eigenvalue weighted by Crippen LogP contribution is -2.23. The second-order valence-electron chi connectivity index (χ2n) is 5.07. The van der Waals surface area contributed by atoms with E-state index in [4.69, 9.17) is 9.26 Å². The molecular weight excluding hydrogens is 334 g/mol. The number of ether oxygens (including phenoxy) is 1. The Labute approximate surface area is 133 Å². The van der Waals surface area contributed by atoms with E-state index in [9.17, 15) is 0 Å². The molecule has 0 bridgehead atoms. The van der Waals surface area contributed by atoms with Crippen molar-refractivity contribution in [2.75, 3.05) is 13.7 Å². The topological polar surface area (TPSA) is 60.2 Å². The summed E-state index contributed by atoms with van der Waals surface area (Å²) in [7, 11) is 1.64. The first-order valence-corrected chi connectivity index (χ1v) is 7.79. The Morgan fingerprint density at radius 2 is 2.19 bits per heavy atom. The van der Waals surface area contributed by atoms with Gasteiger partial charge in [-0.1, -0.05) is 19.0 Å². The second-order valence-corrected chi connectivity index (χ2v) is 5.93. The van der Waals surface area contributed by atoms with Crippen molar-refractivity contribution in [3.8, 4) is 17.1 Å². The number of aromatic nitrogens is 2. The van der Waals surface area contributed by atoms with Gasteiger partial charge in [0.15, 0.2) is 0 Å². The Morgan fingerprint density at radius 1 is 1.38 bits per heavy atom. The van der Waals surface area contributed by atoms with Gasteiger partial charge < -0.3 is 14.6 Å². The highest BCUT2D eigenvalue weighted by Crippen LogP contribution is 2.29. The zero-order valence-corrected chi connectivity index (χ0v) is 14.1. The van der Waals surface area contributed by atoms with Crippen molar-refractivity contribution in [1.29, 1.82) is 0 Å². The van der Waals surface area contributed by atoms with Crippen LogP contribution in [0.2, 0.25) is 0 Å². The molecule has 2 aromatic rings. The highest BCUT2D eigenvalue weighted by Gasteiger charge is 2.10. The van der Waals surface area contributed by atoms with Gasteiger partial charge in [0.2, 0.25) is 11.7 Å². The Balaban J connectivity index is 1.97. The van der Waals surface area contributed by atoms with Crippen molar-refractivity contribution in [2.24, 2.45) is 0 Å². The van der Waals surface area contributed by atoms with Gasteiger partial charge in [-0.25, -0.2) is 0 Å². The lowest BCUT2D eigenvalue weighted by Gasteiger charge is -2.05. The molecule has 1 heterocycles. The summed E-state index contributed by atoms with van der Waals surface area (Å²) in [6.45, 7) is 5.21. The minimum Gasteiger partial charge on any atom is -0.496 e. The first kappa shape index (κ1) is 16.0. The summed E-state index contributed by atoms with van der Waals surface area (Å²) in [4.78, 5) is 4.43. The molecule has 1 N–H and O–H groups in total. The maximum atomic E-state index is 5.29. The summed E-state index contributed by atoms with van der Waals surface area (Å²) in [6, 6.07) is 6.22. The molecule has 0 spiro atoms. The predicted octanol–water partition coefficient (Wildman–Crippen LogP) is 3.44. The fourth-order valence-corrected chi connectivity index (χ4v) is 2.45. The molecule has 0 fully saturated rings. The number of nitrogens with one attached hydrogen (secondary N) is 1. The molecule has 0 atom stereocenters. The zero-order valence-electron chi connectivity index (χ0n) is 12.5. The normalized spacial score (nSPS) is 11.1. The minimum absolute atomic E-state index is 0.500. The molecule has 1 aromatic carbocycles. The average molecular weight is 354 g/mol. The van der Waals surface area contributed by atoms with Gasteiger partial charge in [0.25, 0.3) is 0 Å². The molecule has 0 unspecified atom stereocenters. The number of methoxy groups -OCH3 is 1. The number of nitrogens with zero attached hydrogens (tertiary/aromatic N) is 2. The lowest BCUT2D eigenvalue weighted by atomic mass is 10.2. The monoisotopic (exact) mass is 353 g/mol. The summed E-state index contributed by atoms with van der Waals surface area (Å²) in [5.41, 5.74) is 0.901. The van der Waals surface area contributed by atoms with E-state index < -0.39 is 0 Å². The predicted molar refractivity (Wildman–Crippen MR) is 85.4 cm³/mol. The van der Waals surface area contributed by atoms with Crippen LogP contribution in [-0.2, 0) is 6.42 Å². The Kier molecular flexibility index (Phi) is 5.76. The van der Waals surface area contributed by atoms with E-state index in [0.29, 0.717) is 17.8 Å². The highest BCUT2D eigenvalue weighted by atomic mass is 79.9. The van der Waals surface area contributed by atoms with Crippen molar-refractivity contribution < 1.29 is 9.26 Å². The fourth-order valence-electron chi connectivity index (χ4n) is 1.91. The van der Waals surface area contributed by atoms with Gasteiger partial charge in [-0.15, -0.1) is 0 Å². The molecule has 0 aliphatic rings. The van der Waals surface area contributed by atoms with Crippen LogP contribution in [0.5, 0.6) is 5.75 Å². The molecule has 2 rings (SSSR count). The number of rotatable bonds is 7.